The topological polar surface area (TPSA) is 190 Å². The van der Waals surface area contributed by atoms with Gasteiger partial charge in [0.05, 0.1) is 27.7 Å². The van der Waals surface area contributed by atoms with Gasteiger partial charge in [-0.3, -0.25) is 19.8 Å². The van der Waals surface area contributed by atoms with Gasteiger partial charge in [-0.1, -0.05) is 43.2 Å². The summed E-state index contributed by atoms with van der Waals surface area (Å²) in [6.07, 6.45) is 8.51. The van der Waals surface area contributed by atoms with E-state index in [9.17, 15) is 28.2 Å². The number of carbonyl (C=O) groups excluding carboxylic acids is 1. The zero-order valence-electron chi connectivity index (χ0n) is 39.7. The van der Waals surface area contributed by atoms with Crippen LogP contribution in [0.25, 0.3) is 16.6 Å². The maximum atomic E-state index is 14.5. The molecule has 1 aliphatic carbocycles. The van der Waals surface area contributed by atoms with Crippen LogP contribution in [0, 0.1) is 21.4 Å². The number of nitrogens with one attached hydrogen (secondary N) is 3. The van der Waals surface area contributed by atoms with Crippen LogP contribution in [-0.4, -0.2) is 123 Å². The molecule has 4 aliphatic rings. The molecule has 69 heavy (non-hydrogen) atoms. The van der Waals surface area contributed by atoms with E-state index < -0.39 is 39.1 Å². The molecule has 0 bridgehead atoms. The van der Waals surface area contributed by atoms with Gasteiger partial charge in [-0.25, -0.2) is 18.0 Å². The van der Waals surface area contributed by atoms with Crippen molar-refractivity contribution in [1.29, 1.82) is 0 Å². The lowest BCUT2D eigenvalue weighted by atomic mass is 9.72. The van der Waals surface area contributed by atoms with Crippen LogP contribution in [0.15, 0.2) is 89.5 Å². The fraction of sp³-hybridized carbons (Fsp3) is 0.440. The second kappa shape index (κ2) is 19.8. The minimum Gasteiger partial charge on any atom is -0.476 e. The molecule has 16 nitrogen and oxygen atoms in total. The molecule has 5 aromatic rings. The number of ether oxygens (including phenoxy) is 1. The molecule has 0 spiro atoms. The standard InChI is InChI=1S/C50H61ClN9O7PS/c1-50(2)18-14-37(42(31-50)35-6-8-38(51)9-7-35)33-57-21-23-58(24-22-57)39-10-12-41(44(29-39)59-20-5-25-67-49-46(59)28-36-15-19-52-47(36)54-49)48(61)55-69(65,66)40-11-13-43(45(30-40)60(62)63)53-32-34-16-26-68(64,27-17-34)56(3)4/h6-13,15,19,28-30,34,53,64H,5,14,16-18,20-27,31-33H2,1-4H3,(H-,52,54,55,61)/p+1. The van der Waals surface area contributed by atoms with Crippen LogP contribution in [0.2, 0.25) is 5.02 Å². The van der Waals surface area contributed by atoms with Crippen molar-refractivity contribution in [3.05, 3.63) is 111 Å². The molecule has 0 unspecified atom stereocenters. The van der Waals surface area contributed by atoms with Gasteiger partial charge in [0.15, 0.2) is 0 Å². The SMILES string of the molecule is CN(C)[P+]1(O)CCC(CNc2ccc(S(=O)(=O)NC(=O)c3ccc(N4CCN(CC5=C(c6ccc(Cl)cc6)CC(C)(C)CC5)CC4)cc3N3CCCOc4nc5[nH]ccc5cc43)cc2[N+](=O)[O-])CC1. The largest absolute Gasteiger partial charge is 0.476 e. The summed E-state index contributed by atoms with van der Waals surface area (Å²) in [5.74, 6) is -0.302. The number of hydrogen-bond acceptors (Lipinski definition) is 13. The number of benzene rings is 3. The summed E-state index contributed by atoms with van der Waals surface area (Å²) in [6.45, 7) is 9.99. The molecular weight excluding hydrogens is 937 g/mol. The fourth-order valence-electron chi connectivity index (χ4n) is 10.2. The number of halogens is 1. The number of anilines is 4. The predicted molar refractivity (Wildman–Crippen MR) is 276 cm³/mol. The Morgan fingerprint density at radius 3 is 2.49 bits per heavy atom. The molecule has 1 amide bonds. The molecule has 5 heterocycles. The molecule has 3 aromatic carbocycles. The van der Waals surface area contributed by atoms with E-state index in [-0.39, 0.29) is 22.6 Å². The number of pyridine rings is 1. The molecule has 2 saturated heterocycles. The number of hydrogen-bond donors (Lipinski definition) is 4. The lowest BCUT2D eigenvalue weighted by Crippen LogP contribution is -2.47. The van der Waals surface area contributed by atoms with Gasteiger partial charge in [-0.05, 0) is 116 Å². The molecule has 0 saturated carbocycles. The van der Waals surface area contributed by atoms with Crippen LogP contribution < -0.4 is 24.6 Å². The summed E-state index contributed by atoms with van der Waals surface area (Å²) < 4.78 is 38.4. The normalized spacial score (nSPS) is 21.2. The van der Waals surface area contributed by atoms with E-state index in [1.165, 1.54) is 28.8 Å². The Hall–Kier alpha value is -5.29. The van der Waals surface area contributed by atoms with Crippen LogP contribution in [0.1, 0.15) is 68.3 Å². The summed E-state index contributed by atoms with van der Waals surface area (Å²) in [5, 5.41) is 17.1. The van der Waals surface area contributed by atoms with Crippen molar-refractivity contribution in [3.8, 4) is 5.88 Å². The number of rotatable bonds is 13. The third kappa shape index (κ3) is 10.7. The molecule has 366 valence electrons. The van der Waals surface area contributed by atoms with E-state index in [2.05, 4.69) is 50.8 Å². The molecule has 4 N–H and O–H groups in total. The summed E-state index contributed by atoms with van der Waals surface area (Å²) >= 11 is 6.28. The number of H-pyrrole nitrogens is 1. The Bertz CT molecular complexity index is 2880. The number of amides is 1. The summed E-state index contributed by atoms with van der Waals surface area (Å²) in [4.78, 5) is 51.4. The molecule has 2 fully saturated rings. The molecule has 3 aliphatic heterocycles. The van der Waals surface area contributed by atoms with Crippen LogP contribution in [0.5, 0.6) is 5.88 Å². The highest BCUT2D eigenvalue weighted by Crippen LogP contribution is 2.60. The van der Waals surface area contributed by atoms with Crippen molar-refractivity contribution >= 4 is 80.2 Å². The van der Waals surface area contributed by atoms with E-state index in [1.807, 2.05) is 60.1 Å². The van der Waals surface area contributed by atoms with Gasteiger partial charge in [0.1, 0.15) is 29.3 Å². The Kier molecular flexibility index (Phi) is 14.0. The number of nitro benzene ring substituents is 1. The van der Waals surface area contributed by atoms with Crippen molar-refractivity contribution in [3.63, 3.8) is 0 Å². The van der Waals surface area contributed by atoms with E-state index in [0.717, 1.165) is 87.0 Å². The average Bonchev–Trinajstić information content (AvgIpc) is 3.69. The van der Waals surface area contributed by atoms with Gasteiger partial charge in [0.25, 0.3) is 21.6 Å². The van der Waals surface area contributed by atoms with Crippen LogP contribution >= 0.6 is 19.2 Å². The van der Waals surface area contributed by atoms with E-state index in [4.69, 9.17) is 21.3 Å². The lowest BCUT2D eigenvalue weighted by Gasteiger charge is -2.39. The van der Waals surface area contributed by atoms with Crippen molar-refractivity contribution in [2.45, 2.75) is 57.3 Å². The van der Waals surface area contributed by atoms with Crippen molar-refractivity contribution in [2.24, 2.45) is 11.3 Å². The highest BCUT2D eigenvalue weighted by Gasteiger charge is 2.43. The van der Waals surface area contributed by atoms with Gasteiger partial charge < -0.3 is 24.8 Å². The second-order valence-electron chi connectivity index (χ2n) is 19.8. The number of nitro groups is 1. The van der Waals surface area contributed by atoms with Gasteiger partial charge in [-0.15, -0.1) is 0 Å². The van der Waals surface area contributed by atoms with Gasteiger partial charge >= 0.3 is 0 Å². The number of aromatic nitrogens is 2. The van der Waals surface area contributed by atoms with Gasteiger partial charge in [-0.2, -0.15) is 9.65 Å². The quantitative estimate of drug-likeness (QED) is 0.0497. The first kappa shape index (κ1) is 48.7. The number of sulfonamides is 1. The van der Waals surface area contributed by atoms with E-state index in [0.29, 0.717) is 61.3 Å². The number of carbonyl (C=O) groups is 1. The monoisotopic (exact) mass is 998 g/mol. The Balaban J connectivity index is 0.964. The number of piperazine rings is 1. The summed E-state index contributed by atoms with van der Waals surface area (Å²) in [7, 11) is -2.95. The number of aromatic amines is 1. The minimum absolute atomic E-state index is 0.105. The maximum Gasteiger partial charge on any atom is 0.293 e. The smallest absolute Gasteiger partial charge is 0.293 e. The van der Waals surface area contributed by atoms with Crippen LogP contribution in [0.4, 0.5) is 28.4 Å². The number of fused-ring (bicyclic) bond motifs is 2. The number of allylic oxidation sites excluding steroid dienone is 1. The Labute approximate surface area is 409 Å². The Morgan fingerprint density at radius 2 is 1.77 bits per heavy atom. The third-order valence-corrected chi connectivity index (χ3v) is 19.4. The predicted octanol–water partition coefficient (Wildman–Crippen LogP) is 9.17. The molecule has 19 heteroatoms. The summed E-state index contributed by atoms with van der Waals surface area (Å²) in [6, 6.07) is 21.2. The van der Waals surface area contributed by atoms with Crippen molar-refractivity contribution in [2.75, 3.05) is 94.0 Å². The van der Waals surface area contributed by atoms with Crippen molar-refractivity contribution < 1.29 is 27.8 Å². The average molecular weight is 1000 g/mol. The van der Waals surface area contributed by atoms with Crippen molar-refractivity contribution in [1.82, 2.24) is 24.3 Å². The van der Waals surface area contributed by atoms with Gasteiger partial charge in [0.2, 0.25) is 13.5 Å². The van der Waals surface area contributed by atoms with Crippen LogP contribution in [0.3, 0.4) is 0 Å². The number of nitrogens with zero attached hydrogens (tertiary/aromatic N) is 6. The molecule has 9 rings (SSSR count). The lowest BCUT2D eigenvalue weighted by molar-refractivity contribution is -0.384. The first-order chi connectivity index (χ1) is 32.9. The minimum atomic E-state index is -4.60. The first-order valence-corrected chi connectivity index (χ1v) is 27.7. The molecule has 0 radical (unpaired) electrons. The first-order valence-electron chi connectivity index (χ1n) is 23.8. The Morgan fingerprint density at radius 1 is 1.01 bits per heavy atom. The maximum absolute atomic E-state index is 14.5. The fourth-order valence-corrected chi connectivity index (χ4v) is 13.8. The summed E-state index contributed by atoms with van der Waals surface area (Å²) in [5.41, 5.74) is 6.86. The van der Waals surface area contributed by atoms with E-state index >= 15 is 0 Å². The zero-order chi connectivity index (χ0) is 48.7. The van der Waals surface area contributed by atoms with Gasteiger partial charge in [0, 0.05) is 88.3 Å². The van der Waals surface area contributed by atoms with E-state index in [1.54, 1.807) is 12.3 Å². The molecular formula is C50H62ClN9O7PS+. The molecule has 2 aromatic heterocycles. The molecule has 0 atom stereocenters. The zero-order valence-corrected chi connectivity index (χ0v) is 42.2. The second-order valence-corrected chi connectivity index (χ2v) is 25.4. The van der Waals surface area contributed by atoms with Crippen LogP contribution in [-0.2, 0) is 10.0 Å². The highest BCUT2D eigenvalue weighted by atomic mass is 35.5. The highest BCUT2D eigenvalue weighted by molar-refractivity contribution is 7.90. The third-order valence-electron chi connectivity index (χ3n) is 14.4.